The highest BCUT2D eigenvalue weighted by Gasteiger charge is 2.39. The van der Waals surface area contributed by atoms with Crippen LogP contribution in [0.5, 0.6) is 0 Å². The zero-order valence-electron chi connectivity index (χ0n) is 17.2. The number of nitrogens with zero attached hydrogens (tertiary/aromatic N) is 2. The van der Waals surface area contributed by atoms with Crippen molar-refractivity contribution >= 4 is 15.9 Å². The summed E-state index contributed by atoms with van der Waals surface area (Å²) in [6.07, 6.45) is 5.24. The van der Waals surface area contributed by atoms with Crippen molar-refractivity contribution in [3.05, 3.63) is 35.9 Å². The fraction of sp³-hybridized carbons (Fsp3) is 0.682. The van der Waals surface area contributed by atoms with Gasteiger partial charge < -0.3 is 4.90 Å². The molecule has 3 atom stereocenters. The van der Waals surface area contributed by atoms with Crippen LogP contribution in [0.3, 0.4) is 0 Å². The first-order chi connectivity index (χ1) is 13.5. The molecule has 1 amide bonds. The molecule has 2 aliphatic heterocycles. The van der Waals surface area contributed by atoms with Crippen LogP contribution < -0.4 is 0 Å². The van der Waals surface area contributed by atoms with Crippen LogP contribution in [0, 0.1) is 5.92 Å². The van der Waals surface area contributed by atoms with E-state index in [9.17, 15) is 13.2 Å². The Hall–Kier alpha value is -1.40. The lowest BCUT2D eigenvalue weighted by molar-refractivity contribution is -0.138. The van der Waals surface area contributed by atoms with Gasteiger partial charge in [0, 0.05) is 31.6 Å². The number of amides is 1. The van der Waals surface area contributed by atoms with E-state index in [1.165, 1.54) is 5.56 Å². The van der Waals surface area contributed by atoms with Gasteiger partial charge in [-0.05, 0) is 44.1 Å². The van der Waals surface area contributed by atoms with Gasteiger partial charge in [-0.1, -0.05) is 44.2 Å². The molecule has 0 N–H and O–H groups in total. The van der Waals surface area contributed by atoms with Crippen molar-refractivity contribution < 1.29 is 13.2 Å². The SMILES string of the molecule is CCCS(=O)(=O)N1CCC[C@H](C(=O)N2CCC[C@H]2[C@H](CC)c2ccccc2)C1. The van der Waals surface area contributed by atoms with E-state index < -0.39 is 10.0 Å². The zero-order valence-corrected chi connectivity index (χ0v) is 18.0. The van der Waals surface area contributed by atoms with Crippen molar-refractivity contribution in [2.75, 3.05) is 25.4 Å². The quantitative estimate of drug-likeness (QED) is 0.695. The zero-order chi connectivity index (χ0) is 20.1. The van der Waals surface area contributed by atoms with Crippen LogP contribution in [0.4, 0.5) is 0 Å². The minimum atomic E-state index is -3.24. The van der Waals surface area contributed by atoms with Crippen LogP contribution in [-0.2, 0) is 14.8 Å². The summed E-state index contributed by atoms with van der Waals surface area (Å²) in [5.41, 5.74) is 1.30. The number of piperidine rings is 1. The first kappa shape index (κ1) is 21.3. The monoisotopic (exact) mass is 406 g/mol. The van der Waals surface area contributed by atoms with Gasteiger partial charge in [-0.2, -0.15) is 0 Å². The number of hydrogen-bond acceptors (Lipinski definition) is 3. The molecule has 3 rings (SSSR count). The number of rotatable bonds is 7. The smallest absolute Gasteiger partial charge is 0.227 e. The summed E-state index contributed by atoms with van der Waals surface area (Å²) < 4.78 is 26.5. The van der Waals surface area contributed by atoms with Crippen LogP contribution >= 0.6 is 0 Å². The summed E-state index contributed by atoms with van der Waals surface area (Å²) in [5, 5.41) is 0. The Morgan fingerprint density at radius 2 is 1.82 bits per heavy atom. The number of carbonyl (C=O) groups is 1. The third kappa shape index (κ3) is 4.60. The average molecular weight is 407 g/mol. The Kier molecular flexibility index (Phi) is 7.15. The van der Waals surface area contributed by atoms with E-state index in [1.807, 2.05) is 13.0 Å². The lowest BCUT2D eigenvalue weighted by atomic mass is 9.87. The molecule has 0 unspecified atom stereocenters. The topological polar surface area (TPSA) is 57.7 Å². The van der Waals surface area contributed by atoms with Gasteiger partial charge in [-0.15, -0.1) is 0 Å². The Balaban J connectivity index is 1.73. The molecule has 0 aromatic heterocycles. The normalized spacial score (nSPS) is 25.0. The van der Waals surface area contributed by atoms with E-state index in [0.29, 0.717) is 25.4 Å². The lowest BCUT2D eigenvalue weighted by Crippen LogP contribution is -2.49. The predicted molar refractivity (Wildman–Crippen MR) is 113 cm³/mol. The molecule has 0 saturated carbocycles. The summed E-state index contributed by atoms with van der Waals surface area (Å²) in [6, 6.07) is 10.7. The lowest BCUT2D eigenvalue weighted by Gasteiger charge is -2.37. The van der Waals surface area contributed by atoms with Crippen LogP contribution in [0.1, 0.15) is 63.9 Å². The molecule has 156 valence electrons. The maximum Gasteiger partial charge on any atom is 0.227 e. The van der Waals surface area contributed by atoms with Gasteiger partial charge in [-0.25, -0.2) is 12.7 Å². The second kappa shape index (κ2) is 9.40. The van der Waals surface area contributed by atoms with Crippen molar-refractivity contribution in [1.82, 2.24) is 9.21 Å². The highest BCUT2D eigenvalue weighted by Crippen LogP contribution is 2.35. The third-order valence-electron chi connectivity index (χ3n) is 6.30. The molecule has 0 bridgehead atoms. The van der Waals surface area contributed by atoms with Gasteiger partial charge >= 0.3 is 0 Å². The van der Waals surface area contributed by atoms with E-state index in [-0.39, 0.29) is 23.6 Å². The molecule has 0 spiro atoms. The van der Waals surface area contributed by atoms with Crippen molar-refractivity contribution in [2.45, 2.75) is 64.3 Å². The van der Waals surface area contributed by atoms with Gasteiger partial charge in [0.15, 0.2) is 0 Å². The highest BCUT2D eigenvalue weighted by atomic mass is 32.2. The number of hydrogen-bond donors (Lipinski definition) is 0. The van der Waals surface area contributed by atoms with Crippen molar-refractivity contribution in [1.29, 1.82) is 0 Å². The van der Waals surface area contributed by atoms with Crippen LogP contribution in [-0.4, -0.2) is 55.0 Å². The van der Waals surface area contributed by atoms with Crippen LogP contribution in [0.2, 0.25) is 0 Å². The Morgan fingerprint density at radius 1 is 1.11 bits per heavy atom. The number of carbonyl (C=O) groups excluding carboxylic acids is 1. The maximum atomic E-state index is 13.4. The molecule has 28 heavy (non-hydrogen) atoms. The second-order valence-electron chi connectivity index (χ2n) is 8.18. The first-order valence-electron chi connectivity index (χ1n) is 10.8. The average Bonchev–Trinajstić information content (AvgIpc) is 3.18. The van der Waals surface area contributed by atoms with Gasteiger partial charge in [0.2, 0.25) is 15.9 Å². The molecular formula is C22H34N2O3S. The molecule has 1 aromatic rings. The number of likely N-dealkylation sites (tertiary alicyclic amines) is 1. The number of sulfonamides is 1. The molecule has 2 fully saturated rings. The van der Waals surface area contributed by atoms with Gasteiger partial charge in [0.1, 0.15) is 0 Å². The standard InChI is InChI=1S/C22H34N2O3S/c1-3-16-28(26,27)23-14-8-12-19(17-23)22(25)24-15-9-13-21(24)20(4-2)18-10-6-5-7-11-18/h5-7,10-11,19-21H,3-4,8-9,12-17H2,1-2H3/t19-,20+,21-/m0/s1. The molecule has 2 aliphatic rings. The Morgan fingerprint density at radius 3 is 2.50 bits per heavy atom. The minimum Gasteiger partial charge on any atom is -0.339 e. The maximum absolute atomic E-state index is 13.4. The predicted octanol–water partition coefficient (Wildman–Crippen LogP) is 3.62. The highest BCUT2D eigenvalue weighted by molar-refractivity contribution is 7.89. The molecule has 5 nitrogen and oxygen atoms in total. The Bertz CT molecular complexity index is 750. The fourth-order valence-corrected chi connectivity index (χ4v) is 6.52. The third-order valence-corrected chi connectivity index (χ3v) is 8.35. The molecule has 2 saturated heterocycles. The summed E-state index contributed by atoms with van der Waals surface area (Å²) in [5.74, 6) is 0.477. The molecular weight excluding hydrogens is 372 g/mol. The van der Waals surface area contributed by atoms with E-state index in [1.54, 1.807) is 4.31 Å². The molecule has 1 aromatic carbocycles. The number of benzene rings is 1. The van der Waals surface area contributed by atoms with Gasteiger partial charge in [0.05, 0.1) is 11.7 Å². The molecule has 6 heteroatoms. The van der Waals surface area contributed by atoms with Crippen LogP contribution in [0.15, 0.2) is 30.3 Å². The Labute approximate surface area is 170 Å². The van der Waals surface area contributed by atoms with E-state index >= 15 is 0 Å². The molecule has 0 aliphatic carbocycles. The largest absolute Gasteiger partial charge is 0.339 e. The summed E-state index contributed by atoms with van der Waals surface area (Å²) in [6.45, 7) is 5.78. The minimum absolute atomic E-state index is 0.160. The van der Waals surface area contributed by atoms with Crippen molar-refractivity contribution in [3.8, 4) is 0 Å². The summed E-state index contributed by atoms with van der Waals surface area (Å²) in [7, 11) is -3.24. The van der Waals surface area contributed by atoms with E-state index in [4.69, 9.17) is 0 Å². The fourth-order valence-electron chi connectivity index (χ4n) is 4.93. The summed E-state index contributed by atoms with van der Waals surface area (Å²) >= 11 is 0. The van der Waals surface area contributed by atoms with Gasteiger partial charge in [-0.3, -0.25) is 4.79 Å². The first-order valence-corrected chi connectivity index (χ1v) is 12.4. The second-order valence-corrected chi connectivity index (χ2v) is 10.3. The van der Waals surface area contributed by atoms with E-state index in [2.05, 4.69) is 36.1 Å². The van der Waals surface area contributed by atoms with Crippen LogP contribution in [0.25, 0.3) is 0 Å². The van der Waals surface area contributed by atoms with Crippen molar-refractivity contribution in [2.24, 2.45) is 5.92 Å². The molecule has 2 heterocycles. The van der Waals surface area contributed by atoms with E-state index in [0.717, 1.165) is 38.6 Å². The molecule has 0 radical (unpaired) electrons. The summed E-state index contributed by atoms with van der Waals surface area (Å²) in [4.78, 5) is 15.5. The van der Waals surface area contributed by atoms with Crippen molar-refractivity contribution in [3.63, 3.8) is 0 Å². The van der Waals surface area contributed by atoms with Gasteiger partial charge in [0.25, 0.3) is 0 Å².